The highest BCUT2D eigenvalue weighted by atomic mass is 32.1. The maximum absolute atomic E-state index is 12.5. The predicted molar refractivity (Wildman–Crippen MR) is 75.7 cm³/mol. The lowest BCUT2D eigenvalue weighted by Crippen LogP contribution is -2.39. The first-order chi connectivity index (χ1) is 9.65. The molecule has 0 bridgehead atoms. The second-order valence-electron chi connectivity index (χ2n) is 5.19. The van der Waals surface area contributed by atoms with Crippen molar-refractivity contribution in [3.63, 3.8) is 0 Å². The summed E-state index contributed by atoms with van der Waals surface area (Å²) in [6.07, 6.45) is 4.05. The number of carbonyl (C=O) groups is 1. The smallest absolute Gasteiger partial charge is 0.267 e. The van der Waals surface area contributed by atoms with Crippen LogP contribution in [0.5, 0.6) is 0 Å². The molecular weight excluding hydrogens is 274 g/mol. The summed E-state index contributed by atoms with van der Waals surface area (Å²) in [7, 11) is 1.92. The van der Waals surface area contributed by atoms with Crippen LogP contribution in [-0.4, -0.2) is 43.3 Å². The molecule has 1 unspecified atom stereocenters. The number of rotatable bonds is 2. The van der Waals surface area contributed by atoms with Gasteiger partial charge in [-0.3, -0.25) is 9.48 Å². The minimum atomic E-state index is 0.0538. The lowest BCUT2D eigenvalue weighted by atomic mass is 9.95. The van der Waals surface area contributed by atoms with Crippen molar-refractivity contribution < 1.29 is 4.79 Å². The van der Waals surface area contributed by atoms with E-state index in [0.29, 0.717) is 10.8 Å². The summed E-state index contributed by atoms with van der Waals surface area (Å²) < 4.78 is 5.66. The Kier molecular flexibility index (Phi) is 3.52. The van der Waals surface area contributed by atoms with Crippen molar-refractivity contribution >= 4 is 17.4 Å². The summed E-state index contributed by atoms with van der Waals surface area (Å²) in [5.74, 6) is 0.383. The summed E-state index contributed by atoms with van der Waals surface area (Å²) in [6.45, 7) is 3.36. The molecule has 6 nitrogen and oxygen atoms in total. The number of carbonyl (C=O) groups excluding carboxylic acids is 1. The summed E-state index contributed by atoms with van der Waals surface area (Å²) >= 11 is 1.18. The van der Waals surface area contributed by atoms with Crippen LogP contribution in [0.15, 0.2) is 12.3 Å². The van der Waals surface area contributed by atoms with Gasteiger partial charge in [0.25, 0.3) is 5.91 Å². The fourth-order valence-corrected chi connectivity index (χ4v) is 3.25. The Labute approximate surface area is 121 Å². The maximum Gasteiger partial charge on any atom is 0.267 e. The van der Waals surface area contributed by atoms with Crippen LogP contribution in [0.1, 0.15) is 39.8 Å². The molecule has 0 radical (unpaired) electrons. The first-order valence-electron chi connectivity index (χ1n) is 6.73. The summed E-state index contributed by atoms with van der Waals surface area (Å²) in [5, 5.41) is 8.38. The highest BCUT2D eigenvalue weighted by Crippen LogP contribution is 2.27. The molecule has 0 aliphatic carbocycles. The molecule has 3 rings (SSSR count). The Bertz CT molecular complexity index is 620. The quantitative estimate of drug-likeness (QED) is 0.843. The van der Waals surface area contributed by atoms with E-state index in [0.717, 1.165) is 37.3 Å². The molecule has 1 amide bonds. The van der Waals surface area contributed by atoms with Crippen LogP contribution < -0.4 is 0 Å². The zero-order chi connectivity index (χ0) is 14.1. The standard InChI is InChI=1S/C13H17N5OS/c1-9-12(20-16-14-9)13(19)18-6-3-4-10(8-18)11-5-7-17(2)15-11/h5,7,10H,3-4,6,8H2,1-2H3. The lowest BCUT2D eigenvalue weighted by molar-refractivity contribution is 0.0709. The number of hydrogen-bond donors (Lipinski definition) is 0. The molecular formula is C13H17N5OS. The Morgan fingerprint density at radius 3 is 3.00 bits per heavy atom. The number of aryl methyl sites for hydroxylation is 2. The number of aromatic nitrogens is 4. The third kappa shape index (κ3) is 2.45. The van der Waals surface area contributed by atoms with Gasteiger partial charge < -0.3 is 4.90 Å². The van der Waals surface area contributed by atoms with Crippen LogP contribution in [0, 0.1) is 6.92 Å². The van der Waals surface area contributed by atoms with Crippen LogP contribution >= 0.6 is 11.5 Å². The van der Waals surface area contributed by atoms with E-state index in [9.17, 15) is 4.79 Å². The molecule has 0 saturated carbocycles. The van der Waals surface area contributed by atoms with Gasteiger partial charge in [-0.05, 0) is 37.4 Å². The number of piperidine rings is 1. The van der Waals surface area contributed by atoms with Crippen molar-refractivity contribution in [2.45, 2.75) is 25.7 Å². The summed E-state index contributed by atoms with van der Waals surface area (Å²) in [5.41, 5.74) is 1.80. The van der Waals surface area contributed by atoms with E-state index in [1.54, 1.807) is 0 Å². The van der Waals surface area contributed by atoms with E-state index in [-0.39, 0.29) is 5.91 Å². The molecule has 0 aromatic carbocycles. The van der Waals surface area contributed by atoms with Crippen molar-refractivity contribution in [1.29, 1.82) is 0 Å². The minimum absolute atomic E-state index is 0.0538. The van der Waals surface area contributed by atoms with Gasteiger partial charge in [-0.2, -0.15) is 5.10 Å². The van der Waals surface area contributed by atoms with Crippen LogP contribution in [0.3, 0.4) is 0 Å². The second kappa shape index (κ2) is 5.32. The average Bonchev–Trinajstić information content (AvgIpc) is 3.07. The summed E-state index contributed by atoms with van der Waals surface area (Å²) in [6, 6.07) is 2.04. The largest absolute Gasteiger partial charge is 0.337 e. The maximum atomic E-state index is 12.5. The molecule has 1 aliphatic heterocycles. The third-order valence-corrected chi connectivity index (χ3v) is 4.52. The van der Waals surface area contributed by atoms with Gasteiger partial charge >= 0.3 is 0 Å². The second-order valence-corrected chi connectivity index (χ2v) is 5.95. The first kappa shape index (κ1) is 13.2. The molecule has 1 saturated heterocycles. The van der Waals surface area contributed by atoms with E-state index in [1.807, 2.05) is 35.8 Å². The zero-order valence-electron chi connectivity index (χ0n) is 11.6. The number of likely N-dealkylation sites (tertiary alicyclic amines) is 1. The summed E-state index contributed by atoms with van der Waals surface area (Å²) in [4.78, 5) is 15.1. The molecule has 2 aromatic heterocycles. The Hall–Kier alpha value is -1.76. The Morgan fingerprint density at radius 2 is 2.35 bits per heavy atom. The van der Waals surface area contributed by atoms with Gasteiger partial charge in [-0.25, -0.2) is 0 Å². The normalized spacial score (nSPS) is 19.3. The molecule has 0 spiro atoms. The zero-order valence-corrected chi connectivity index (χ0v) is 12.4. The van der Waals surface area contributed by atoms with E-state index < -0.39 is 0 Å². The fraction of sp³-hybridized carbons (Fsp3) is 0.538. The molecule has 1 fully saturated rings. The number of hydrogen-bond acceptors (Lipinski definition) is 5. The minimum Gasteiger partial charge on any atom is -0.337 e. The average molecular weight is 291 g/mol. The highest BCUT2D eigenvalue weighted by Gasteiger charge is 2.28. The molecule has 3 heterocycles. The van der Waals surface area contributed by atoms with Crippen LogP contribution in [-0.2, 0) is 7.05 Å². The van der Waals surface area contributed by atoms with Crippen LogP contribution in [0.4, 0.5) is 0 Å². The van der Waals surface area contributed by atoms with Crippen molar-refractivity contribution in [3.8, 4) is 0 Å². The first-order valence-corrected chi connectivity index (χ1v) is 7.50. The van der Waals surface area contributed by atoms with Gasteiger partial charge in [0.2, 0.25) is 0 Å². The Morgan fingerprint density at radius 1 is 1.50 bits per heavy atom. The monoisotopic (exact) mass is 291 g/mol. The molecule has 1 atom stereocenters. The topological polar surface area (TPSA) is 63.9 Å². The Balaban J connectivity index is 1.75. The molecule has 7 heteroatoms. The fourth-order valence-electron chi connectivity index (χ4n) is 2.63. The van der Waals surface area contributed by atoms with Crippen molar-refractivity contribution in [3.05, 3.63) is 28.5 Å². The van der Waals surface area contributed by atoms with Crippen molar-refractivity contribution in [2.24, 2.45) is 7.05 Å². The van der Waals surface area contributed by atoms with Gasteiger partial charge in [0, 0.05) is 32.3 Å². The molecule has 0 N–H and O–H groups in total. The lowest BCUT2D eigenvalue weighted by Gasteiger charge is -2.31. The number of amides is 1. The van der Waals surface area contributed by atoms with Crippen LogP contribution in [0.2, 0.25) is 0 Å². The van der Waals surface area contributed by atoms with E-state index in [4.69, 9.17) is 0 Å². The van der Waals surface area contributed by atoms with Gasteiger partial charge in [0.1, 0.15) is 4.88 Å². The predicted octanol–water partition coefficient (Wildman–Crippen LogP) is 1.60. The van der Waals surface area contributed by atoms with E-state index >= 15 is 0 Å². The van der Waals surface area contributed by atoms with Crippen molar-refractivity contribution in [1.82, 2.24) is 24.3 Å². The van der Waals surface area contributed by atoms with Gasteiger partial charge in [0.15, 0.2) is 0 Å². The molecule has 20 heavy (non-hydrogen) atoms. The molecule has 1 aliphatic rings. The highest BCUT2D eigenvalue weighted by molar-refractivity contribution is 7.07. The van der Waals surface area contributed by atoms with Crippen LogP contribution in [0.25, 0.3) is 0 Å². The number of nitrogens with zero attached hydrogens (tertiary/aromatic N) is 5. The third-order valence-electron chi connectivity index (χ3n) is 3.71. The van der Waals surface area contributed by atoms with Gasteiger partial charge in [-0.1, -0.05) is 4.49 Å². The molecule has 2 aromatic rings. The SMILES string of the molecule is Cc1nnsc1C(=O)N1CCCC(c2ccn(C)n2)C1. The van der Waals surface area contributed by atoms with Crippen molar-refractivity contribution in [2.75, 3.05) is 13.1 Å². The van der Waals surface area contributed by atoms with Gasteiger partial charge in [-0.15, -0.1) is 5.10 Å². The van der Waals surface area contributed by atoms with Gasteiger partial charge in [0.05, 0.1) is 11.4 Å². The molecule has 106 valence electrons. The van der Waals surface area contributed by atoms with E-state index in [2.05, 4.69) is 14.7 Å². The van der Waals surface area contributed by atoms with E-state index in [1.165, 1.54) is 11.5 Å².